The highest BCUT2D eigenvalue weighted by Crippen LogP contribution is 2.29. The topological polar surface area (TPSA) is 73.1 Å². The Labute approximate surface area is 96.6 Å². The second kappa shape index (κ2) is 3.97. The van der Waals surface area contributed by atoms with Crippen LogP contribution in [0.25, 0.3) is 10.2 Å². The number of nitrogen functional groups attached to an aromatic ring is 1. The number of hydrazine groups is 1. The molecule has 3 rings (SSSR count). The van der Waals surface area contributed by atoms with Crippen LogP contribution in [0.3, 0.4) is 0 Å². The molecule has 0 aliphatic carbocycles. The van der Waals surface area contributed by atoms with E-state index < -0.39 is 0 Å². The van der Waals surface area contributed by atoms with E-state index in [-0.39, 0.29) is 0 Å². The number of thiophene rings is 1. The molecule has 0 bridgehead atoms. The van der Waals surface area contributed by atoms with E-state index in [1.807, 2.05) is 11.4 Å². The third kappa shape index (κ3) is 1.55. The van der Waals surface area contributed by atoms with Crippen molar-refractivity contribution < 1.29 is 4.74 Å². The molecule has 2 aromatic rings. The number of nitrogens with zero attached hydrogens (tertiary/aromatic N) is 2. The van der Waals surface area contributed by atoms with E-state index in [1.165, 1.54) is 0 Å². The average molecular weight is 236 g/mol. The van der Waals surface area contributed by atoms with Crippen LogP contribution in [0, 0.1) is 0 Å². The molecule has 0 radical (unpaired) electrons. The fourth-order valence-corrected chi connectivity index (χ4v) is 2.67. The van der Waals surface area contributed by atoms with Crippen molar-refractivity contribution in [3.05, 3.63) is 17.3 Å². The zero-order chi connectivity index (χ0) is 11.0. The molecule has 0 saturated carbocycles. The van der Waals surface area contributed by atoms with Gasteiger partial charge in [-0.15, -0.1) is 11.3 Å². The standard InChI is InChI=1S/C10H12N4OS/c11-14-9-7-2-4-16-10(7)13-8(12-9)6-1-3-15-5-6/h2,4,6H,1,3,5,11H2,(H,12,13,14). The van der Waals surface area contributed by atoms with Crippen LogP contribution in [0.2, 0.25) is 0 Å². The van der Waals surface area contributed by atoms with Crippen LogP contribution in [-0.2, 0) is 4.74 Å². The van der Waals surface area contributed by atoms with Crippen molar-refractivity contribution in [2.45, 2.75) is 12.3 Å². The van der Waals surface area contributed by atoms with Crippen molar-refractivity contribution in [3.63, 3.8) is 0 Å². The minimum absolute atomic E-state index is 0.304. The van der Waals surface area contributed by atoms with Gasteiger partial charge in [0, 0.05) is 12.5 Å². The van der Waals surface area contributed by atoms with Gasteiger partial charge in [-0.3, -0.25) is 0 Å². The average Bonchev–Trinajstić information content (AvgIpc) is 2.97. The first-order valence-corrected chi connectivity index (χ1v) is 6.06. The van der Waals surface area contributed by atoms with Gasteiger partial charge in [-0.25, -0.2) is 15.8 Å². The first-order valence-electron chi connectivity index (χ1n) is 5.18. The molecule has 3 N–H and O–H groups in total. The lowest BCUT2D eigenvalue weighted by Crippen LogP contribution is -2.12. The molecular formula is C10H12N4OS. The van der Waals surface area contributed by atoms with Gasteiger partial charge < -0.3 is 10.2 Å². The fourth-order valence-electron chi connectivity index (χ4n) is 1.90. The van der Waals surface area contributed by atoms with Gasteiger partial charge in [0.25, 0.3) is 0 Å². The highest BCUT2D eigenvalue weighted by Gasteiger charge is 2.22. The molecule has 1 aliphatic heterocycles. The number of ether oxygens (including phenoxy) is 1. The lowest BCUT2D eigenvalue weighted by Gasteiger charge is -2.08. The van der Waals surface area contributed by atoms with Gasteiger partial charge in [0.05, 0.1) is 12.0 Å². The van der Waals surface area contributed by atoms with Crippen LogP contribution in [0.4, 0.5) is 5.82 Å². The Bertz CT molecular complexity index is 506. The Kier molecular flexibility index (Phi) is 2.47. The maximum Gasteiger partial charge on any atom is 0.152 e. The fraction of sp³-hybridized carbons (Fsp3) is 0.400. The number of anilines is 1. The molecular weight excluding hydrogens is 224 g/mol. The molecule has 0 spiro atoms. The minimum atomic E-state index is 0.304. The van der Waals surface area contributed by atoms with Crippen molar-refractivity contribution in [2.24, 2.45) is 5.84 Å². The molecule has 1 aliphatic rings. The van der Waals surface area contributed by atoms with Gasteiger partial charge >= 0.3 is 0 Å². The minimum Gasteiger partial charge on any atom is -0.381 e. The van der Waals surface area contributed by atoms with Crippen LogP contribution < -0.4 is 11.3 Å². The van der Waals surface area contributed by atoms with Crippen molar-refractivity contribution in [2.75, 3.05) is 18.6 Å². The third-order valence-corrected chi connectivity index (χ3v) is 3.58. The van der Waals surface area contributed by atoms with Crippen LogP contribution >= 0.6 is 11.3 Å². The summed E-state index contributed by atoms with van der Waals surface area (Å²) < 4.78 is 5.35. The molecule has 2 aromatic heterocycles. The Morgan fingerprint density at radius 3 is 3.19 bits per heavy atom. The Hall–Kier alpha value is -1.24. The first kappa shape index (κ1) is 9.95. The number of hydrogen-bond acceptors (Lipinski definition) is 6. The van der Waals surface area contributed by atoms with Crippen molar-refractivity contribution in [3.8, 4) is 0 Å². The van der Waals surface area contributed by atoms with Gasteiger partial charge in [0.15, 0.2) is 5.82 Å². The monoisotopic (exact) mass is 236 g/mol. The van der Waals surface area contributed by atoms with Crippen molar-refractivity contribution in [1.82, 2.24) is 9.97 Å². The summed E-state index contributed by atoms with van der Waals surface area (Å²) in [6.07, 6.45) is 0.987. The molecule has 3 heterocycles. The number of fused-ring (bicyclic) bond motifs is 1. The smallest absolute Gasteiger partial charge is 0.152 e. The Morgan fingerprint density at radius 2 is 2.44 bits per heavy atom. The summed E-state index contributed by atoms with van der Waals surface area (Å²) in [6, 6.07) is 1.98. The van der Waals surface area contributed by atoms with Crippen molar-refractivity contribution in [1.29, 1.82) is 0 Å². The third-order valence-electron chi connectivity index (χ3n) is 2.77. The number of aromatic nitrogens is 2. The summed E-state index contributed by atoms with van der Waals surface area (Å²) in [5, 5.41) is 2.98. The second-order valence-electron chi connectivity index (χ2n) is 3.77. The van der Waals surface area contributed by atoms with Gasteiger partial charge in [-0.05, 0) is 17.9 Å². The Morgan fingerprint density at radius 1 is 1.50 bits per heavy atom. The van der Waals surface area contributed by atoms with Gasteiger partial charge in [-0.2, -0.15) is 0 Å². The number of rotatable bonds is 2. The second-order valence-corrected chi connectivity index (χ2v) is 4.67. The maximum atomic E-state index is 5.48. The van der Waals surface area contributed by atoms with E-state index in [0.29, 0.717) is 18.3 Å². The van der Waals surface area contributed by atoms with Gasteiger partial charge in [0.1, 0.15) is 10.7 Å². The highest BCUT2D eigenvalue weighted by molar-refractivity contribution is 7.16. The quantitative estimate of drug-likeness (QED) is 0.610. The van der Waals surface area contributed by atoms with Crippen LogP contribution in [0.1, 0.15) is 18.2 Å². The van der Waals surface area contributed by atoms with E-state index in [2.05, 4.69) is 15.4 Å². The molecule has 0 amide bonds. The molecule has 16 heavy (non-hydrogen) atoms. The number of nitrogens with one attached hydrogen (secondary N) is 1. The molecule has 1 unspecified atom stereocenters. The van der Waals surface area contributed by atoms with Crippen LogP contribution in [-0.4, -0.2) is 23.2 Å². The molecule has 1 atom stereocenters. The summed E-state index contributed by atoms with van der Waals surface area (Å²) in [5.41, 5.74) is 2.63. The summed E-state index contributed by atoms with van der Waals surface area (Å²) >= 11 is 1.60. The van der Waals surface area contributed by atoms with E-state index in [4.69, 9.17) is 10.6 Å². The lowest BCUT2D eigenvalue weighted by atomic mass is 10.1. The van der Waals surface area contributed by atoms with Gasteiger partial charge in [-0.1, -0.05) is 0 Å². The molecule has 1 fully saturated rings. The maximum absolute atomic E-state index is 5.48. The zero-order valence-electron chi connectivity index (χ0n) is 8.64. The SMILES string of the molecule is NNc1nc(C2CCOC2)nc2sccc12. The summed E-state index contributed by atoms with van der Waals surface area (Å²) in [7, 11) is 0. The van der Waals surface area contributed by atoms with E-state index in [0.717, 1.165) is 29.1 Å². The van der Waals surface area contributed by atoms with E-state index in [1.54, 1.807) is 11.3 Å². The normalized spacial score (nSPS) is 20.4. The Balaban J connectivity index is 2.10. The van der Waals surface area contributed by atoms with Gasteiger partial charge in [0.2, 0.25) is 0 Å². The van der Waals surface area contributed by atoms with Crippen molar-refractivity contribution >= 4 is 27.4 Å². The number of nitrogens with two attached hydrogens (primary N) is 1. The lowest BCUT2D eigenvalue weighted by molar-refractivity contribution is 0.193. The largest absolute Gasteiger partial charge is 0.381 e. The summed E-state index contributed by atoms with van der Waals surface area (Å²) in [4.78, 5) is 9.99. The predicted molar refractivity (Wildman–Crippen MR) is 63.4 cm³/mol. The zero-order valence-corrected chi connectivity index (χ0v) is 9.46. The molecule has 5 nitrogen and oxygen atoms in total. The number of hydrogen-bond donors (Lipinski definition) is 2. The summed E-state index contributed by atoms with van der Waals surface area (Å²) in [6.45, 7) is 1.50. The highest BCUT2D eigenvalue weighted by atomic mass is 32.1. The molecule has 1 saturated heterocycles. The van der Waals surface area contributed by atoms with Crippen LogP contribution in [0.15, 0.2) is 11.4 Å². The molecule has 84 valence electrons. The summed E-state index contributed by atoms with van der Waals surface area (Å²) in [5.74, 6) is 7.32. The van der Waals surface area contributed by atoms with E-state index in [9.17, 15) is 0 Å². The van der Waals surface area contributed by atoms with E-state index >= 15 is 0 Å². The predicted octanol–water partition coefficient (Wildman–Crippen LogP) is 1.48. The van der Waals surface area contributed by atoms with Crippen LogP contribution in [0.5, 0.6) is 0 Å². The molecule has 0 aromatic carbocycles. The first-order chi connectivity index (χ1) is 7.88. The molecule has 6 heteroatoms.